The number of aromatic nitrogens is 5. The fourth-order valence-electron chi connectivity index (χ4n) is 2.67. The van der Waals surface area contributed by atoms with Gasteiger partial charge in [0.25, 0.3) is 5.91 Å². The summed E-state index contributed by atoms with van der Waals surface area (Å²) in [6.07, 6.45) is 0. The second-order valence-corrected chi connectivity index (χ2v) is 5.73. The monoisotopic (exact) mass is 372 g/mol. The molecule has 0 bridgehead atoms. The van der Waals surface area contributed by atoms with Gasteiger partial charge in [-0.1, -0.05) is 0 Å². The van der Waals surface area contributed by atoms with Crippen LogP contribution >= 0.6 is 0 Å². The van der Waals surface area contributed by atoms with Crippen molar-refractivity contribution in [2.45, 2.75) is 6.54 Å². The van der Waals surface area contributed by atoms with Gasteiger partial charge in [0.05, 0.1) is 0 Å². The molecule has 4 aromatic rings. The van der Waals surface area contributed by atoms with Crippen molar-refractivity contribution in [2.75, 3.05) is 0 Å². The van der Waals surface area contributed by atoms with Crippen LogP contribution in [0.15, 0.2) is 36.4 Å². The lowest BCUT2D eigenvalue weighted by Crippen LogP contribution is -2.23. The number of carbonyl (C=O) groups is 1. The van der Waals surface area contributed by atoms with Gasteiger partial charge >= 0.3 is 0 Å². The number of fused-ring (bicyclic) bond motifs is 1. The molecule has 136 valence electrons. The lowest BCUT2D eigenvalue weighted by Gasteiger charge is -2.06. The number of aromatic amines is 2. The van der Waals surface area contributed by atoms with Crippen molar-refractivity contribution < 1.29 is 18.0 Å². The van der Waals surface area contributed by atoms with Gasteiger partial charge in [-0.2, -0.15) is 5.21 Å². The molecule has 7 nitrogen and oxygen atoms in total. The van der Waals surface area contributed by atoms with Gasteiger partial charge < -0.3 is 10.3 Å². The van der Waals surface area contributed by atoms with E-state index in [0.717, 1.165) is 6.07 Å². The molecule has 0 aliphatic carbocycles. The van der Waals surface area contributed by atoms with Crippen LogP contribution < -0.4 is 5.32 Å². The van der Waals surface area contributed by atoms with Crippen LogP contribution in [0.1, 0.15) is 16.1 Å². The minimum absolute atomic E-state index is 0.0317. The molecule has 2 aromatic carbocycles. The van der Waals surface area contributed by atoms with E-state index in [-0.39, 0.29) is 34.5 Å². The highest BCUT2D eigenvalue weighted by molar-refractivity contribution is 5.98. The van der Waals surface area contributed by atoms with E-state index in [1.54, 1.807) is 0 Å². The van der Waals surface area contributed by atoms with Crippen LogP contribution in [0, 0.1) is 17.5 Å². The number of amides is 1. The molecule has 2 heterocycles. The maximum Gasteiger partial charge on any atom is 0.268 e. The number of nitrogens with zero attached hydrogens (tertiary/aromatic N) is 3. The standard InChI is InChI=1S/C17H11F3N6O/c18-11-2-1-8(16-23-25-26-24-16)5-9(11)7-21-17(27)14-6-10-13(22-14)4-3-12(19)15(10)20/h1-6,22H,7H2,(H,21,27)(H,23,24,25,26). The van der Waals surface area contributed by atoms with Crippen LogP contribution in [0.3, 0.4) is 0 Å². The zero-order valence-electron chi connectivity index (χ0n) is 13.6. The van der Waals surface area contributed by atoms with Gasteiger partial charge in [-0.05, 0) is 41.6 Å². The third-order valence-corrected chi connectivity index (χ3v) is 4.02. The highest BCUT2D eigenvalue weighted by atomic mass is 19.2. The Hall–Kier alpha value is -3.69. The van der Waals surface area contributed by atoms with Gasteiger partial charge in [0.1, 0.15) is 11.5 Å². The first kappa shape index (κ1) is 16.8. The molecule has 3 N–H and O–H groups in total. The highest BCUT2D eigenvalue weighted by Gasteiger charge is 2.15. The molecule has 0 unspecified atom stereocenters. The van der Waals surface area contributed by atoms with Crippen molar-refractivity contribution in [3.63, 3.8) is 0 Å². The Labute approximate surface area is 149 Å². The van der Waals surface area contributed by atoms with Crippen molar-refractivity contribution in [1.29, 1.82) is 0 Å². The van der Waals surface area contributed by atoms with Crippen molar-refractivity contribution in [3.8, 4) is 11.4 Å². The summed E-state index contributed by atoms with van der Waals surface area (Å²) in [7, 11) is 0. The van der Waals surface area contributed by atoms with Crippen LogP contribution in [0.25, 0.3) is 22.3 Å². The van der Waals surface area contributed by atoms with Gasteiger partial charge in [0.15, 0.2) is 11.6 Å². The van der Waals surface area contributed by atoms with Crippen LogP contribution in [-0.2, 0) is 6.54 Å². The SMILES string of the molecule is O=C(NCc1cc(-c2nn[nH]n2)ccc1F)c1cc2c(F)c(F)ccc2[nH]1. The van der Waals surface area contributed by atoms with Gasteiger partial charge in [-0.15, -0.1) is 10.2 Å². The molecule has 0 aliphatic heterocycles. The number of benzene rings is 2. The summed E-state index contributed by atoms with van der Waals surface area (Å²) >= 11 is 0. The van der Waals surface area contributed by atoms with E-state index >= 15 is 0 Å². The van der Waals surface area contributed by atoms with Crippen LogP contribution in [0.4, 0.5) is 13.2 Å². The number of carbonyl (C=O) groups excluding carboxylic acids is 1. The van der Waals surface area contributed by atoms with E-state index < -0.39 is 23.4 Å². The van der Waals surface area contributed by atoms with E-state index in [1.807, 2.05) is 0 Å². The van der Waals surface area contributed by atoms with Crippen molar-refractivity contribution in [2.24, 2.45) is 0 Å². The number of hydrogen-bond donors (Lipinski definition) is 3. The van der Waals surface area contributed by atoms with Crippen molar-refractivity contribution in [1.82, 2.24) is 30.9 Å². The zero-order chi connectivity index (χ0) is 19.0. The summed E-state index contributed by atoms with van der Waals surface area (Å²) < 4.78 is 41.1. The van der Waals surface area contributed by atoms with E-state index in [0.29, 0.717) is 5.56 Å². The smallest absolute Gasteiger partial charge is 0.268 e. The Morgan fingerprint density at radius 1 is 1.07 bits per heavy atom. The van der Waals surface area contributed by atoms with Gasteiger partial charge in [-0.3, -0.25) is 4.79 Å². The van der Waals surface area contributed by atoms with E-state index in [1.165, 1.54) is 30.3 Å². The zero-order valence-corrected chi connectivity index (χ0v) is 13.6. The molecule has 0 radical (unpaired) electrons. The summed E-state index contributed by atoms with van der Waals surface area (Å²) in [6, 6.07) is 7.71. The van der Waals surface area contributed by atoms with Crippen molar-refractivity contribution >= 4 is 16.8 Å². The highest BCUT2D eigenvalue weighted by Crippen LogP contribution is 2.22. The molecule has 0 saturated heterocycles. The Morgan fingerprint density at radius 3 is 2.67 bits per heavy atom. The predicted molar refractivity (Wildman–Crippen MR) is 89.0 cm³/mol. The summed E-state index contributed by atoms with van der Waals surface area (Å²) in [5.41, 5.74) is 1.05. The Kier molecular flexibility index (Phi) is 4.07. The minimum Gasteiger partial charge on any atom is -0.350 e. The third kappa shape index (κ3) is 3.12. The molecule has 1 amide bonds. The average Bonchev–Trinajstić information content (AvgIpc) is 3.34. The first-order valence-corrected chi connectivity index (χ1v) is 7.80. The average molecular weight is 372 g/mol. The number of halogens is 3. The molecule has 0 aliphatic rings. The van der Waals surface area contributed by atoms with E-state index in [9.17, 15) is 18.0 Å². The fraction of sp³-hybridized carbons (Fsp3) is 0.0588. The summed E-state index contributed by atoms with van der Waals surface area (Å²) in [6.45, 7) is -0.122. The normalized spacial score (nSPS) is 11.1. The maximum absolute atomic E-state index is 14.0. The number of rotatable bonds is 4. The fourth-order valence-corrected chi connectivity index (χ4v) is 2.67. The molecule has 4 rings (SSSR count). The van der Waals surface area contributed by atoms with Crippen molar-refractivity contribution in [3.05, 3.63) is 65.1 Å². The minimum atomic E-state index is -1.04. The van der Waals surface area contributed by atoms with E-state index in [2.05, 4.69) is 30.9 Å². The van der Waals surface area contributed by atoms with Gasteiger partial charge in [-0.25, -0.2) is 13.2 Å². The molecule has 2 aromatic heterocycles. The second-order valence-electron chi connectivity index (χ2n) is 5.73. The Bertz CT molecular complexity index is 1140. The third-order valence-electron chi connectivity index (χ3n) is 4.02. The van der Waals surface area contributed by atoms with E-state index in [4.69, 9.17) is 0 Å². The first-order valence-electron chi connectivity index (χ1n) is 7.80. The topological polar surface area (TPSA) is 99.3 Å². The summed E-state index contributed by atoms with van der Waals surface area (Å²) in [5.74, 6) is -2.87. The molecule has 27 heavy (non-hydrogen) atoms. The summed E-state index contributed by atoms with van der Waals surface area (Å²) in [5, 5.41) is 15.9. The summed E-state index contributed by atoms with van der Waals surface area (Å²) in [4.78, 5) is 15.0. The Balaban J connectivity index is 1.54. The molecular weight excluding hydrogens is 361 g/mol. The molecule has 0 atom stereocenters. The Morgan fingerprint density at radius 2 is 1.89 bits per heavy atom. The lowest BCUT2D eigenvalue weighted by molar-refractivity contribution is 0.0946. The van der Waals surface area contributed by atoms with Crippen LogP contribution in [-0.4, -0.2) is 31.5 Å². The predicted octanol–water partition coefficient (Wildman–Crippen LogP) is 2.70. The molecular formula is C17H11F3N6O. The number of nitrogens with one attached hydrogen (secondary N) is 3. The first-order chi connectivity index (χ1) is 13.0. The van der Waals surface area contributed by atoms with Gasteiger partial charge in [0.2, 0.25) is 5.82 Å². The van der Waals surface area contributed by atoms with Crippen LogP contribution in [0.5, 0.6) is 0 Å². The lowest BCUT2D eigenvalue weighted by atomic mass is 10.1. The largest absolute Gasteiger partial charge is 0.350 e. The van der Waals surface area contributed by atoms with Gasteiger partial charge in [0, 0.05) is 28.6 Å². The maximum atomic E-state index is 14.0. The number of tetrazole rings is 1. The molecule has 10 heteroatoms. The second kappa shape index (κ2) is 6.56. The quantitative estimate of drug-likeness (QED) is 0.513. The molecule has 0 fully saturated rings. The molecule has 0 saturated carbocycles. The number of hydrogen-bond acceptors (Lipinski definition) is 4. The van der Waals surface area contributed by atoms with Crippen LogP contribution in [0.2, 0.25) is 0 Å². The molecule has 0 spiro atoms. The number of H-pyrrole nitrogens is 2.